The Morgan fingerprint density at radius 3 is 2.47 bits per heavy atom. The number of amides is 1. The van der Waals surface area contributed by atoms with Gasteiger partial charge in [0.05, 0.1) is 6.61 Å². The topological polar surface area (TPSA) is 76.4 Å². The predicted molar refractivity (Wildman–Crippen MR) is 139 cm³/mol. The summed E-state index contributed by atoms with van der Waals surface area (Å²) < 4.78 is 11.3. The molecule has 174 valence electrons. The molecule has 1 atom stereocenters. The zero-order valence-electron chi connectivity index (χ0n) is 19.4. The second-order valence-corrected chi connectivity index (χ2v) is 8.41. The third-order valence-electron chi connectivity index (χ3n) is 5.64. The SMILES string of the molecule is CCOc1ccc(C(=O)NC(=S)Nc2ccc(-c3nc4cc([C@H](C)CC)ccc4o3)cc2)cc1. The quantitative estimate of drug-likeness (QED) is 0.297. The second-order valence-electron chi connectivity index (χ2n) is 8.00. The maximum atomic E-state index is 12.4. The number of hydrogen-bond acceptors (Lipinski definition) is 5. The summed E-state index contributed by atoms with van der Waals surface area (Å²) in [6.45, 7) is 6.87. The van der Waals surface area contributed by atoms with Crippen LogP contribution in [-0.2, 0) is 0 Å². The number of carbonyl (C=O) groups excluding carboxylic acids is 1. The molecule has 0 aliphatic carbocycles. The fourth-order valence-corrected chi connectivity index (χ4v) is 3.72. The van der Waals surface area contributed by atoms with Gasteiger partial charge in [-0.1, -0.05) is 19.9 Å². The van der Waals surface area contributed by atoms with Gasteiger partial charge in [0.1, 0.15) is 11.3 Å². The molecule has 2 N–H and O–H groups in total. The van der Waals surface area contributed by atoms with Crippen LogP contribution in [0.15, 0.2) is 71.1 Å². The smallest absolute Gasteiger partial charge is 0.257 e. The number of nitrogens with zero attached hydrogens (tertiary/aromatic N) is 1. The monoisotopic (exact) mass is 473 g/mol. The van der Waals surface area contributed by atoms with Crippen molar-refractivity contribution in [1.82, 2.24) is 10.3 Å². The third-order valence-corrected chi connectivity index (χ3v) is 5.84. The standard InChI is InChI=1S/C27H27N3O3S/c1-4-17(3)20-10-15-24-23(16-20)29-26(33-24)19-6-11-21(12-7-19)28-27(34)30-25(31)18-8-13-22(14-9-18)32-5-2/h6-17H,4-5H2,1-3H3,(H2,28,30,31,34)/t17-/m1/s1. The highest BCUT2D eigenvalue weighted by atomic mass is 32.1. The van der Waals surface area contributed by atoms with E-state index in [1.807, 2.05) is 37.3 Å². The van der Waals surface area contributed by atoms with Gasteiger partial charge in [-0.15, -0.1) is 0 Å². The summed E-state index contributed by atoms with van der Waals surface area (Å²) in [6.07, 6.45) is 1.08. The first-order valence-electron chi connectivity index (χ1n) is 11.3. The highest BCUT2D eigenvalue weighted by Gasteiger charge is 2.12. The number of oxazole rings is 1. The number of aromatic nitrogens is 1. The number of rotatable bonds is 7. The van der Waals surface area contributed by atoms with E-state index in [4.69, 9.17) is 21.4 Å². The molecule has 0 saturated heterocycles. The van der Waals surface area contributed by atoms with Gasteiger partial charge in [0, 0.05) is 16.8 Å². The summed E-state index contributed by atoms with van der Waals surface area (Å²) in [5.41, 5.74) is 4.98. The van der Waals surface area contributed by atoms with Crippen LogP contribution in [0.1, 0.15) is 49.0 Å². The number of benzene rings is 3. The molecule has 34 heavy (non-hydrogen) atoms. The maximum absolute atomic E-state index is 12.4. The zero-order valence-corrected chi connectivity index (χ0v) is 20.2. The van der Waals surface area contributed by atoms with Crippen LogP contribution in [0.3, 0.4) is 0 Å². The Kier molecular flexibility index (Phi) is 7.23. The molecule has 0 spiro atoms. The minimum absolute atomic E-state index is 0.214. The summed E-state index contributed by atoms with van der Waals surface area (Å²) in [5.74, 6) is 1.47. The lowest BCUT2D eigenvalue weighted by Crippen LogP contribution is -2.34. The molecular formula is C27H27N3O3S. The summed E-state index contributed by atoms with van der Waals surface area (Å²) in [5, 5.41) is 5.93. The van der Waals surface area contributed by atoms with Crippen molar-refractivity contribution in [2.45, 2.75) is 33.1 Å². The average Bonchev–Trinajstić information content (AvgIpc) is 3.28. The summed E-state index contributed by atoms with van der Waals surface area (Å²) in [4.78, 5) is 17.1. The predicted octanol–water partition coefficient (Wildman–Crippen LogP) is 6.53. The Labute approximate surface area is 204 Å². The Balaban J connectivity index is 1.39. The van der Waals surface area contributed by atoms with E-state index in [2.05, 4.69) is 41.6 Å². The van der Waals surface area contributed by atoms with Crippen LogP contribution in [0.25, 0.3) is 22.6 Å². The molecule has 4 aromatic rings. The Hall–Kier alpha value is -3.71. The molecule has 0 unspecified atom stereocenters. The lowest BCUT2D eigenvalue weighted by atomic mass is 9.98. The van der Waals surface area contributed by atoms with Crippen molar-refractivity contribution in [2.75, 3.05) is 11.9 Å². The van der Waals surface area contributed by atoms with Crippen molar-refractivity contribution in [1.29, 1.82) is 0 Å². The molecule has 1 heterocycles. The molecule has 7 heteroatoms. The number of hydrogen-bond donors (Lipinski definition) is 2. The zero-order chi connectivity index (χ0) is 24.1. The summed E-state index contributed by atoms with van der Waals surface area (Å²) in [6, 6.07) is 20.6. The number of fused-ring (bicyclic) bond motifs is 1. The maximum Gasteiger partial charge on any atom is 0.257 e. The Bertz CT molecular complexity index is 1300. The van der Waals surface area contributed by atoms with Gasteiger partial charge < -0.3 is 14.5 Å². The molecule has 0 aliphatic heterocycles. The Morgan fingerprint density at radius 2 is 1.79 bits per heavy atom. The van der Waals surface area contributed by atoms with E-state index in [-0.39, 0.29) is 11.0 Å². The van der Waals surface area contributed by atoms with Gasteiger partial charge in [0.25, 0.3) is 5.91 Å². The van der Waals surface area contributed by atoms with E-state index in [9.17, 15) is 4.79 Å². The van der Waals surface area contributed by atoms with Crippen LogP contribution >= 0.6 is 12.2 Å². The van der Waals surface area contributed by atoms with Crippen molar-refractivity contribution < 1.29 is 13.9 Å². The van der Waals surface area contributed by atoms with E-state index in [0.29, 0.717) is 24.0 Å². The fourth-order valence-electron chi connectivity index (χ4n) is 3.51. The molecule has 1 aromatic heterocycles. The van der Waals surface area contributed by atoms with Crippen LogP contribution in [0, 0.1) is 0 Å². The molecule has 0 bridgehead atoms. The van der Waals surface area contributed by atoms with Crippen LogP contribution in [0.5, 0.6) is 5.75 Å². The lowest BCUT2D eigenvalue weighted by Gasteiger charge is -2.10. The highest BCUT2D eigenvalue weighted by molar-refractivity contribution is 7.80. The van der Waals surface area contributed by atoms with Crippen LogP contribution in [-0.4, -0.2) is 22.6 Å². The third kappa shape index (κ3) is 5.43. The van der Waals surface area contributed by atoms with E-state index < -0.39 is 0 Å². The van der Waals surface area contributed by atoms with Gasteiger partial charge in [-0.2, -0.15) is 0 Å². The van der Waals surface area contributed by atoms with Gasteiger partial charge >= 0.3 is 0 Å². The molecule has 0 saturated carbocycles. The molecule has 6 nitrogen and oxygen atoms in total. The average molecular weight is 474 g/mol. The van der Waals surface area contributed by atoms with E-state index in [1.165, 1.54) is 5.56 Å². The molecule has 1 amide bonds. The molecule has 0 aliphatic rings. The fraction of sp³-hybridized carbons (Fsp3) is 0.222. The number of carbonyl (C=O) groups is 1. The van der Waals surface area contributed by atoms with Crippen LogP contribution in [0.2, 0.25) is 0 Å². The second kappa shape index (κ2) is 10.5. The number of ether oxygens (including phenoxy) is 1. The van der Waals surface area contributed by atoms with Crippen molar-refractivity contribution in [2.24, 2.45) is 0 Å². The highest BCUT2D eigenvalue weighted by Crippen LogP contribution is 2.28. The summed E-state index contributed by atoms with van der Waals surface area (Å²) in [7, 11) is 0. The van der Waals surface area contributed by atoms with Crippen LogP contribution in [0.4, 0.5) is 5.69 Å². The normalized spacial score (nSPS) is 11.7. The molecule has 3 aromatic carbocycles. The molecule has 0 fully saturated rings. The molecule has 4 rings (SSSR count). The number of nitrogens with one attached hydrogen (secondary N) is 2. The first-order valence-corrected chi connectivity index (χ1v) is 11.7. The van der Waals surface area contributed by atoms with E-state index in [1.54, 1.807) is 24.3 Å². The van der Waals surface area contributed by atoms with Gasteiger partial charge in [-0.3, -0.25) is 10.1 Å². The summed E-state index contributed by atoms with van der Waals surface area (Å²) >= 11 is 5.29. The largest absolute Gasteiger partial charge is 0.494 e. The van der Waals surface area contributed by atoms with Crippen molar-refractivity contribution in [3.63, 3.8) is 0 Å². The number of thiocarbonyl (C=S) groups is 1. The first-order chi connectivity index (χ1) is 16.5. The van der Waals surface area contributed by atoms with Crippen LogP contribution < -0.4 is 15.4 Å². The van der Waals surface area contributed by atoms with Gasteiger partial charge in [0.15, 0.2) is 10.7 Å². The number of anilines is 1. The van der Waals surface area contributed by atoms with Crippen molar-refractivity contribution in [3.05, 3.63) is 77.9 Å². The van der Waals surface area contributed by atoms with Crippen molar-refractivity contribution >= 4 is 40.0 Å². The molecule has 0 radical (unpaired) electrons. The minimum atomic E-state index is -0.291. The van der Waals surface area contributed by atoms with E-state index in [0.717, 1.165) is 34.5 Å². The van der Waals surface area contributed by atoms with Gasteiger partial charge in [-0.05, 0) is 97.7 Å². The lowest BCUT2D eigenvalue weighted by molar-refractivity contribution is 0.0977. The van der Waals surface area contributed by atoms with Crippen molar-refractivity contribution in [3.8, 4) is 17.2 Å². The van der Waals surface area contributed by atoms with E-state index >= 15 is 0 Å². The molecular weight excluding hydrogens is 446 g/mol. The minimum Gasteiger partial charge on any atom is -0.494 e. The van der Waals surface area contributed by atoms with Gasteiger partial charge in [0.2, 0.25) is 5.89 Å². The Morgan fingerprint density at radius 1 is 1.06 bits per heavy atom. The first kappa shape index (κ1) is 23.4. The van der Waals surface area contributed by atoms with Gasteiger partial charge in [-0.25, -0.2) is 4.98 Å².